The van der Waals surface area contributed by atoms with Gasteiger partial charge in [-0.05, 0) is 81.6 Å². The third kappa shape index (κ3) is 7.02. The van der Waals surface area contributed by atoms with Crippen molar-refractivity contribution in [1.82, 2.24) is 19.9 Å². The van der Waals surface area contributed by atoms with Gasteiger partial charge in [0.15, 0.2) is 15.7 Å². The number of aliphatic hydroxyl groups is 1. The number of terminal acetylenes is 1. The molecule has 1 aliphatic carbocycles. The van der Waals surface area contributed by atoms with E-state index in [0.29, 0.717) is 11.9 Å². The Morgan fingerprint density at radius 3 is 2.67 bits per heavy atom. The number of anilines is 1. The lowest BCUT2D eigenvalue weighted by Gasteiger charge is -2.46. The first-order valence-electron chi connectivity index (χ1n) is 18.8. The summed E-state index contributed by atoms with van der Waals surface area (Å²) in [5.41, 5.74) is -1.98. The third-order valence-electron chi connectivity index (χ3n) is 11.8. The average molecular weight is 778 g/mol. The van der Waals surface area contributed by atoms with Crippen LogP contribution in [0.4, 0.5) is 14.6 Å². The van der Waals surface area contributed by atoms with E-state index in [1.165, 1.54) is 31.4 Å². The molecule has 2 aromatic heterocycles. The Bertz CT molecular complexity index is 2310. The van der Waals surface area contributed by atoms with Crippen LogP contribution in [0.3, 0.4) is 0 Å². The van der Waals surface area contributed by atoms with E-state index in [2.05, 4.69) is 20.8 Å². The number of halogens is 2. The number of benzene rings is 2. The van der Waals surface area contributed by atoms with Crippen molar-refractivity contribution in [3.8, 4) is 41.2 Å². The van der Waals surface area contributed by atoms with Crippen LogP contribution in [-0.2, 0) is 14.6 Å². The minimum atomic E-state index is -2.88. The fourth-order valence-electron chi connectivity index (χ4n) is 9.33. The molecule has 4 aromatic rings. The standard InChI is InChI=1S/C40H45F2N5O7S/c1-4-27-29(41)9-8-25-17-26(48)18-28(31(25)27)34-33(42)35-32(37(43-34)52-3)36(47-15-16-53-22-39(2,49)21-47)45-38(44-35)54-23-40-11-5-7-30(40)46(13-6-12-40)14-10-24-19-55(50,51)20-24/h1,8-9,17-18,24,30,48-49H,5-7,10-16,19-23H2,2-3H3. The quantitative estimate of drug-likeness (QED) is 0.224. The number of methoxy groups -OCH3 is 1. The van der Waals surface area contributed by atoms with E-state index in [1.54, 1.807) is 11.8 Å². The number of nitrogens with zero attached hydrogens (tertiary/aromatic N) is 5. The van der Waals surface area contributed by atoms with E-state index in [-0.39, 0.29) is 112 Å². The van der Waals surface area contributed by atoms with Crippen molar-refractivity contribution >= 4 is 37.3 Å². The molecule has 0 radical (unpaired) electrons. The smallest absolute Gasteiger partial charge is 0.319 e. The van der Waals surface area contributed by atoms with Gasteiger partial charge >= 0.3 is 6.01 Å². The Morgan fingerprint density at radius 2 is 1.91 bits per heavy atom. The molecule has 4 aliphatic rings. The molecule has 5 heterocycles. The van der Waals surface area contributed by atoms with Crippen molar-refractivity contribution in [2.75, 3.05) is 69.5 Å². The Morgan fingerprint density at radius 1 is 1.11 bits per heavy atom. The summed E-state index contributed by atoms with van der Waals surface area (Å²) in [5.74, 6) is 1.51. The predicted octanol–water partition coefficient (Wildman–Crippen LogP) is 4.85. The first-order chi connectivity index (χ1) is 26.3. The summed E-state index contributed by atoms with van der Waals surface area (Å²) in [7, 11) is -1.50. The molecule has 3 unspecified atom stereocenters. The van der Waals surface area contributed by atoms with Gasteiger partial charge in [0, 0.05) is 29.0 Å². The number of phenols is 1. The van der Waals surface area contributed by atoms with Crippen molar-refractivity contribution in [2.24, 2.45) is 11.3 Å². The zero-order valence-corrected chi connectivity index (χ0v) is 31.8. The van der Waals surface area contributed by atoms with Crippen molar-refractivity contribution < 1.29 is 41.6 Å². The zero-order chi connectivity index (χ0) is 38.7. The number of aromatic hydroxyl groups is 1. The fraction of sp³-hybridized carbons (Fsp3) is 0.525. The molecule has 3 atom stereocenters. The maximum Gasteiger partial charge on any atom is 0.319 e. The molecule has 3 aliphatic heterocycles. The maximum atomic E-state index is 17.3. The Labute approximate surface area is 318 Å². The van der Waals surface area contributed by atoms with Gasteiger partial charge in [-0.2, -0.15) is 9.97 Å². The molecule has 8 rings (SSSR count). The van der Waals surface area contributed by atoms with Crippen LogP contribution in [0.2, 0.25) is 0 Å². The fourth-order valence-corrected chi connectivity index (χ4v) is 11.0. The lowest BCUT2D eigenvalue weighted by molar-refractivity contribution is -0.0123. The van der Waals surface area contributed by atoms with E-state index < -0.39 is 27.1 Å². The van der Waals surface area contributed by atoms with Gasteiger partial charge in [-0.25, -0.2) is 22.2 Å². The first-order valence-corrected chi connectivity index (χ1v) is 20.6. The molecule has 1 saturated carbocycles. The van der Waals surface area contributed by atoms with E-state index in [0.717, 1.165) is 51.6 Å². The summed E-state index contributed by atoms with van der Waals surface area (Å²) in [6.07, 6.45) is 11.4. The zero-order valence-electron chi connectivity index (χ0n) is 31.0. The number of ether oxygens (including phenoxy) is 3. The van der Waals surface area contributed by atoms with E-state index >= 15 is 8.78 Å². The first kappa shape index (κ1) is 37.6. The Kier molecular flexibility index (Phi) is 9.76. The van der Waals surface area contributed by atoms with Crippen LogP contribution in [0.25, 0.3) is 32.9 Å². The molecular weight excluding hydrogens is 733 g/mol. The summed E-state index contributed by atoms with van der Waals surface area (Å²) < 4.78 is 73.9. The molecule has 3 saturated heterocycles. The van der Waals surface area contributed by atoms with Gasteiger partial charge in [0.1, 0.15) is 39.6 Å². The highest BCUT2D eigenvalue weighted by atomic mass is 32.2. The third-order valence-corrected chi connectivity index (χ3v) is 13.8. The monoisotopic (exact) mass is 777 g/mol. The highest BCUT2D eigenvalue weighted by Crippen LogP contribution is 2.49. The number of β-amino-alcohol motifs (C(OH)–C–C–N with tert-alkyl or cyclic N) is 1. The summed E-state index contributed by atoms with van der Waals surface area (Å²) in [5, 5.41) is 22.6. The van der Waals surface area contributed by atoms with E-state index in [1.807, 2.05) is 0 Å². The molecule has 15 heteroatoms. The summed E-state index contributed by atoms with van der Waals surface area (Å²) in [6, 6.07) is 5.50. The molecular formula is C40H45F2N5O7S. The second-order valence-electron chi connectivity index (χ2n) is 15.9. The van der Waals surface area contributed by atoms with Crippen LogP contribution in [0.1, 0.15) is 51.0 Å². The molecule has 2 N–H and O–H groups in total. The lowest BCUT2D eigenvalue weighted by atomic mass is 9.75. The largest absolute Gasteiger partial charge is 0.508 e. The number of sulfone groups is 1. The van der Waals surface area contributed by atoms with Gasteiger partial charge in [-0.1, -0.05) is 18.4 Å². The van der Waals surface area contributed by atoms with Crippen LogP contribution in [0.5, 0.6) is 17.6 Å². The molecule has 2 aromatic carbocycles. The van der Waals surface area contributed by atoms with Crippen LogP contribution < -0.4 is 14.4 Å². The highest BCUT2D eigenvalue weighted by molar-refractivity contribution is 7.92. The van der Waals surface area contributed by atoms with Crippen molar-refractivity contribution in [3.05, 3.63) is 41.5 Å². The molecule has 12 nitrogen and oxygen atoms in total. The number of fused-ring (bicyclic) bond motifs is 3. The summed E-state index contributed by atoms with van der Waals surface area (Å²) in [4.78, 5) is 18.3. The van der Waals surface area contributed by atoms with Gasteiger partial charge in [-0.3, -0.25) is 4.90 Å². The molecule has 292 valence electrons. The van der Waals surface area contributed by atoms with Crippen molar-refractivity contribution in [2.45, 2.75) is 57.1 Å². The average Bonchev–Trinajstić information content (AvgIpc) is 3.49. The number of likely N-dealkylation sites (tertiary alicyclic amines) is 1. The highest BCUT2D eigenvalue weighted by Gasteiger charge is 2.49. The molecule has 4 fully saturated rings. The predicted molar refractivity (Wildman–Crippen MR) is 203 cm³/mol. The van der Waals surface area contributed by atoms with Gasteiger partial charge in [0.2, 0.25) is 5.88 Å². The SMILES string of the molecule is C#Cc1c(F)ccc2cc(O)cc(-c3nc(OC)c4c(N5CCOCC(C)(O)C5)nc(OCC56CCCC5N(CCC5CS(=O)(=O)C5)CCC6)nc4c3F)c12. The molecule has 0 amide bonds. The van der Waals surface area contributed by atoms with Gasteiger partial charge in [0.05, 0.1) is 50.5 Å². The molecule has 55 heavy (non-hydrogen) atoms. The molecule has 0 spiro atoms. The van der Waals surface area contributed by atoms with Gasteiger partial charge in [-0.15, -0.1) is 6.42 Å². The number of rotatable bonds is 9. The van der Waals surface area contributed by atoms with Gasteiger partial charge in [0.25, 0.3) is 0 Å². The minimum absolute atomic E-state index is 0.0375. The number of aromatic nitrogens is 3. The van der Waals surface area contributed by atoms with Gasteiger partial charge < -0.3 is 29.3 Å². The summed E-state index contributed by atoms with van der Waals surface area (Å²) >= 11 is 0. The number of hydrogen-bond donors (Lipinski definition) is 2. The number of phenolic OH excluding ortho intramolecular Hbond substituents is 1. The number of pyridine rings is 1. The van der Waals surface area contributed by atoms with Crippen LogP contribution in [-0.4, -0.2) is 115 Å². The Balaban J connectivity index is 1.22. The van der Waals surface area contributed by atoms with Crippen LogP contribution in [0, 0.1) is 35.3 Å². The van der Waals surface area contributed by atoms with Crippen molar-refractivity contribution in [3.63, 3.8) is 0 Å². The van der Waals surface area contributed by atoms with Crippen LogP contribution >= 0.6 is 0 Å². The number of hydrogen-bond acceptors (Lipinski definition) is 12. The van der Waals surface area contributed by atoms with Crippen molar-refractivity contribution in [1.29, 1.82) is 0 Å². The summed E-state index contributed by atoms with van der Waals surface area (Å²) in [6.45, 7) is 4.45. The molecule has 0 bridgehead atoms. The topological polar surface area (TPSA) is 147 Å². The van der Waals surface area contributed by atoms with Crippen LogP contribution in [0.15, 0.2) is 24.3 Å². The minimum Gasteiger partial charge on any atom is -0.508 e. The number of piperidine rings is 1. The maximum absolute atomic E-state index is 17.3. The second-order valence-corrected chi connectivity index (χ2v) is 18.1. The Hall–Kier alpha value is -4.36. The lowest BCUT2D eigenvalue weighted by Crippen LogP contribution is -2.53. The second kappa shape index (κ2) is 14.3. The van der Waals surface area contributed by atoms with E-state index in [4.69, 9.17) is 25.6 Å². The van der Waals surface area contributed by atoms with E-state index in [9.17, 15) is 18.6 Å². The normalized spacial score (nSPS) is 25.7.